The summed E-state index contributed by atoms with van der Waals surface area (Å²) in [5.41, 5.74) is 0. The molecule has 0 aliphatic carbocycles. The van der Waals surface area contributed by atoms with Gasteiger partial charge < -0.3 is 13.6 Å². The Bertz CT molecular complexity index is 270. The predicted molar refractivity (Wildman–Crippen MR) is 37.1 cm³/mol. The van der Waals surface area contributed by atoms with Crippen molar-refractivity contribution < 1.29 is 13.6 Å². The van der Waals surface area contributed by atoms with E-state index in [1.807, 2.05) is 0 Å². The average Bonchev–Trinajstić information content (AvgIpc) is 2.37. The molecule has 0 aliphatic heterocycles. The molecule has 0 bridgehead atoms. The smallest absolute Gasteiger partial charge is 0.399 e. The number of hydrogen-bond donors (Lipinski definition) is 0. The molecular formula is C7H8O4. The van der Waals surface area contributed by atoms with Crippen LogP contribution in [0.4, 0.5) is 0 Å². The fourth-order valence-electron chi connectivity index (χ4n) is 0.575. The number of ether oxygens (including phenoxy) is 1. The van der Waals surface area contributed by atoms with E-state index in [1.54, 1.807) is 6.08 Å². The first-order valence-corrected chi connectivity index (χ1v) is 3.09. The van der Waals surface area contributed by atoms with Gasteiger partial charge in [-0.3, -0.25) is 0 Å². The molecule has 0 unspecified atom stereocenters. The Morgan fingerprint density at radius 2 is 2.55 bits per heavy atom. The summed E-state index contributed by atoms with van der Waals surface area (Å²) >= 11 is 0. The van der Waals surface area contributed by atoms with Crippen molar-refractivity contribution in [3.63, 3.8) is 0 Å². The van der Waals surface area contributed by atoms with E-state index in [4.69, 9.17) is 4.74 Å². The van der Waals surface area contributed by atoms with Crippen LogP contribution in [0.25, 0.3) is 0 Å². The highest BCUT2D eigenvalue weighted by atomic mass is 16.6. The van der Waals surface area contributed by atoms with Crippen LogP contribution < -0.4 is 5.82 Å². The van der Waals surface area contributed by atoms with E-state index in [9.17, 15) is 4.79 Å². The van der Waals surface area contributed by atoms with Gasteiger partial charge in [-0.25, -0.2) is 4.79 Å². The standard InChI is InChI=1S/C7H8O4/c1-2-3-9-4-6-5-10-7(8)11-6/h2,5H,1,3-4H2. The van der Waals surface area contributed by atoms with Crippen LogP contribution in [0.5, 0.6) is 0 Å². The zero-order valence-electron chi connectivity index (χ0n) is 5.91. The van der Waals surface area contributed by atoms with Crippen molar-refractivity contribution in [2.45, 2.75) is 6.61 Å². The first kappa shape index (κ1) is 7.81. The lowest BCUT2D eigenvalue weighted by atomic mass is 10.6. The van der Waals surface area contributed by atoms with Gasteiger partial charge >= 0.3 is 5.82 Å². The van der Waals surface area contributed by atoms with E-state index in [2.05, 4.69) is 15.4 Å². The molecule has 0 aromatic carbocycles. The maximum atomic E-state index is 10.3. The minimum absolute atomic E-state index is 0.234. The van der Waals surface area contributed by atoms with Crippen LogP contribution in [0.1, 0.15) is 5.76 Å². The van der Waals surface area contributed by atoms with E-state index in [-0.39, 0.29) is 6.61 Å². The van der Waals surface area contributed by atoms with Gasteiger partial charge in [0.1, 0.15) is 12.9 Å². The molecular weight excluding hydrogens is 148 g/mol. The Kier molecular flexibility index (Phi) is 2.68. The van der Waals surface area contributed by atoms with Gasteiger partial charge in [0, 0.05) is 0 Å². The van der Waals surface area contributed by atoms with E-state index in [1.165, 1.54) is 6.26 Å². The van der Waals surface area contributed by atoms with Crippen molar-refractivity contribution in [3.8, 4) is 0 Å². The zero-order valence-corrected chi connectivity index (χ0v) is 5.91. The first-order chi connectivity index (χ1) is 5.33. The van der Waals surface area contributed by atoms with Crippen LogP contribution in [0.2, 0.25) is 0 Å². The molecule has 0 atom stereocenters. The summed E-state index contributed by atoms with van der Waals surface area (Å²) in [6.45, 7) is 4.12. The Morgan fingerprint density at radius 3 is 3.09 bits per heavy atom. The van der Waals surface area contributed by atoms with Crippen molar-refractivity contribution >= 4 is 0 Å². The van der Waals surface area contributed by atoms with Gasteiger partial charge in [-0.15, -0.1) is 6.58 Å². The van der Waals surface area contributed by atoms with Crippen molar-refractivity contribution in [2.24, 2.45) is 0 Å². The Balaban J connectivity index is 2.38. The minimum Gasteiger partial charge on any atom is -0.399 e. The molecule has 60 valence electrons. The summed E-state index contributed by atoms with van der Waals surface area (Å²) in [6.07, 6.45) is 2.84. The highest BCUT2D eigenvalue weighted by Gasteiger charge is 1.98. The van der Waals surface area contributed by atoms with Gasteiger partial charge in [-0.05, 0) is 0 Å². The van der Waals surface area contributed by atoms with Crippen molar-refractivity contribution in [1.29, 1.82) is 0 Å². The molecule has 0 saturated heterocycles. The topological polar surface area (TPSA) is 52.6 Å². The third kappa shape index (κ3) is 2.43. The number of hydrogen-bond acceptors (Lipinski definition) is 4. The summed E-state index contributed by atoms with van der Waals surface area (Å²) in [4.78, 5) is 10.3. The van der Waals surface area contributed by atoms with Crippen LogP contribution in [-0.4, -0.2) is 6.61 Å². The molecule has 0 saturated carbocycles. The lowest BCUT2D eigenvalue weighted by molar-refractivity contribution is 0.130. The summed E-state index contributed by atoms with van der Waals surface area (Å²) in [6, 6.07) is 0. The Morgan fingerprint density at radius 1 is 1.73 bits per heavy atom. The second-order valence-corrected chi connectivity index (χ2v) is 1.86. The molecule has 1 heterocycles. The van der Waals surface area contributed by atoms with Crippen LogP contribution >= 0.6 is 0 Å². The van der Waals surface area contributed by atoms with Gasteiger partial charge in [0.15, 0.2) is 5.76 Å². The maximum absolute atomic E-state index is 10.3. The van der Waals surface area contributed by atoms with E-state index >= 15 is 0 Å². The monoisotopic (exact) mass is 156 g/mol. The SMILES string of the molecule is C=CCOCc1coc(=O)o1. The highest BCUT2D eigenvalue weighted by Crippen LogP contribution is 1.96. The number of rotatable bonds is 4. The molecule has 0 fully saturated rings. The maximum Gasteiger partial charge on any atom is 0.518 e. The van der Waals surface area contributed by atoms with E-state index in [0.29, 0.717) is 12.4 Å². The van der Waals surface area contributed by atoms with Crippen LogP contribution in [0.3, 0.4) is 0 Å². The van der Waals surface area contributed by atoms with E-state index in [0.717, 1.165) is 0 Å². The van der Waals surface area contributed by atoms with Gasteiger partial charge in [0.25, 0.3) is 0 Å². The second-order valence-electron chi connectivity index (χ2n) is 1.86. The predicted octanol–water partition coefficient (Wildman–Crippen LogP) is 0.935. The van der Waals surface area contributed by atoms with Crippen molar-refractivity contribution in [3.05, 3.63) is 35.3 Å². The van der Waals surface area contributed by atoms with Crippen molar-refractivity contribution in [1.82, 2.24) is 0 Å². The normalized spacial score (nSPS) is 9.82. The summed E-state index contributed by atoms with van der Waals surface area (Å²) in [5.74, 6) is -0.320. The molecule has 0 radical (unpaired) electrons. The summed E-state index contributed by atoms with van der Waals surface area (Å²) in [7, 11) is 0. The molecule has 0 spiro atoms. The fourth-order valence-corrected chi connectivity index (χ4v) is 0.575. The minimum atomic E-state index is -0.706. The third-order valence-corrected chi connectivity index (χ3v) is 0.981. The largest absolute Gasteiger partial charge is 0.518 e. The van der Waals surface area contributed by atoms with Crippen LogP contribution in [0, 0.1) is 0 Å². The lowest BCUT2D eigenvalue weighted by Gasteiger charge is -1.93. The molecule has 1 rings (SSSR count). The Labute approximate surface area is 63.1 Å². The lowest BCUT2D eigenvalue weighted by Crippen LogP contribution is -1.92. The van der Waals surface area contributed by atoms with E-state index < -0.39 is 5.82 Å². The zero-order chi connectivity index (χ0) is 8.10. The second kappa shape index (κ2) is 3.78. The molecule has 0 aliphatic rings. The molecule has 11 heavy (non-hydrogen) atoms. The molecule has 0 N–H and O–H groups in total. The van der Waals surface area contributed by atoms with Gasteiger partial charge in [-0.1, -0.05) is 6.08 Å². The molecule has 4 heteroatoms. The first-order valence-electron chi connectivity index (χ1n) is 3.09. The Hall–Kier alpha value is -1.29. The van der Waals surface area contributed by atoms with Crippen molar-refractivity contribution in [2.75, 3.05) is 6.61 Å². The third-order valence-electron chi connectivity index (χ3n) is 0.981. The summed E-state index contributed by atoms with van der Waals surface area (Å²) in [5, 5.41) is 0. The fraction of sp³-hybridized carbons (Fsp3) is 0.286. The molecule has 1 aromatic heterocycles. The quantitative estimate of drug-likeness (QED) is 0.480. The van der Waals surface area contributed by atoms with Gasteiger partial charge in [0.2, 0.25) is 0 Å². The van der Waals surface area contributed by atoms with Gasteiger partial charge in [-0.2, -0.15) is 0 Å². The highest BCUT2D eigenvalue weighted by molar-refractivity contribution is 4.81. The van der Waals surface area contributed by atoms with Gasteiger partial charge in [0.05, 0.1) is 6.61 Å². The molecule has 0 amide bonds. The summed E-state index contributed by atoms with van der Waals surface area (Å²) < 4.78 is 13.9. The average molecular weight is 156 g/mol. The van der Waals surface area contributed by atoms with Crippen LogP contribution in [0.15, 0.2) is 32.5 Å². The molecule has 1 aromatic rings. The van der Waals surface area contributed by atoms with Crippen LogP contribution in [-0.2, 0) is 11.3 Å². The molecule has 4 nitrogen and oxygen atoms in total.